The zero-order valence-electron chi connectivity index (χ0n) is 18.7. The fraction of sp³-hybridized carbons (Fsp3) is 0.280. The molecule has 0 spiro atoms. The van der Waals surface area contributed by atoms with Crippen LogP contribution in [0.3, 0.4) is 0 Å². The molecule has 2 aromatic carbocycles. The molecule has 0 fully saturated rings. The first-order valence-electron chi connectivity index (χ1n) is 10.3. The smallest absolute Gasteiger partial charge is 0.134 e. The normalized spacial score (nSPS) is 11.4. The minimum Gasteiger partial charge on any atom is -0.246 e. The molecule has 0 saturated carbocycles. The number of aromatic nitrogens is 4. The Bertz CT molecular complexity index is 1300. The van der Waals surface area contributed by atoms with Crippen LogP contribution in [0.2, 0.25) is 10.0 Å². The molecule has 0 atom stereocenters. The van der Waals surface area contributed by atoms with Crippen molar-refractivity contribution in [2.45, 2.75) is 48.2 Å². The Kier molecular flexibility index (Phi) is 5.71. The Morgan fingerprint density at radius 3 is 1.81 bits per heavy atom. The number of hydrogen-bond donors (Lipinski definition) is 0. The minimum absolute atomic E-state index is 0.423. The molecule has 6 heteroatoms. The molecule has 4 aromatic rings. The van der Waals surface area contributed by atoms with E-state index >= 15 is 0 Å². The second-order valence-corrected chi connectivity index (χ2v) is 8.99. The van der Waals surface area contributed by atoms with E-state index in [1.54, 1.807) is 0 Å². The van der Waals surface area contributed by atoms with Gasteiger partial charge in [-0.3, -0.25) is 0 Å². The van der Waals surface area contributed by atoms with Crippen LogP contribution in [-0.4, -0.2) is 19.6 Å². The van der Waals surface area contributed by atoms with Crippen LogP contribution in [-0.2, 0) is 6.67 Å². The van der Waals surface area contributed by atoms with Gasteiger partial charge >= 0.3 is 0 Å². The summed E-state index contributed by atoms with van der Waals surface area (Å²) in [6.45, 7) is 12.7. The summed E-state index contributed by atoms with van der Waals surface area (Å²) in [6, 6.07) is 12.7. The number of aryl methyl sites for hydroxylation is 5. The molecule has 160 valence electrons. The molecule has 0 bridgehead atoms. The average Bonchev–Trinajstić information content (AvgIpc) is 3.17. The van der Waals surface area contributed by atoms with Crippen molar-refractivity contribution >= 4 is 23.2 Å². The summed E-state index contributed by atoms with van der Waals surface area (Å²) in [5.41, 5.74) is 10.3. The van der Waals surface area contributed by atoms with Crippen LogP contribution in [0, 0.1) is 41.5 Å². The minimum atomic E-state index is 0.423. The maximum atomic E-state index is 6.99. The molecular formula is C25H26Cl2N4. The molecule has 0 N–H and O–H groups in total. The predicted octanol–water partition coefficient (Wildman–Crippen LogP) is 7.08. The molecule has 31 heavy (non-hydrogen) atoms. The van der Waals surface area contributed by atoms with Gasteiger partial charge in [0.15, 0.2) is 0 Å². The molecule has 0 radical (unpaired) electrons. The summed E-state index contributed by atoms with van der Waals surface area (Å²) in [5, 5.41) is 10.8. The number of rotatable bonds is 4. The summed E-state index contributed by atoms with van der Waals surface area (Å²) >= 11 is 13.4. The largest absolute Gasteiger partial charge is 0.246 e. The lowest BCUT2D eigenvalue weighted by Gasteiger charge is -2.11. The summed E-state index contributed by atoms with van der Waals surface area (Å²) in [5.74, 6) is 0. The van der Waals surface area contributed by atoms with E-state index in [1.165, 1.54) is 22.3 Å². The van der Waals surface area contributed by atoms with Crippen molar-refractivity contribution in [3.05, 3.63) is 80.1 Å². The SMILES string of the molecule is Cc1ccc(-c2nn(Cn3nc(C)c(Cl)c3C)c(-c3ccc(C)c(C)c3)c2Cl)cc1C. The average molecular weight is 453 g/mol. The molecular weight excluding hydrogens is 427 g/mol. The van der Waals surface area contributed by atoms with Crippen LogP contribution >= 0.6 is 23.2 Å². The van der Waals surface area contributed by atoms with Gasteiger partial charge in [0.05, 0.1) is 27.1 Å². The highest BCUT2D eigenvalue weighted by Crippen LogP contribution is 2.37. The molecule has 2 aromatic heterocycles. The molecule has 2 heterocycles. The number of benzene rings is 2. The maximum absolute atomic E-state index is 6.99. The second-order valence-electron chi connectivity index (χ2n) is 8.23. The Morgan fingerprint density at radius 2 is 1.26 bits per heavy atom. The van der Waals surface area contributed by atoms with Gasteiger partial charge in [0.2, 0.25) is 0 Å². The van der Waals surface area contributed by atoms with E-state index in [0.717, 1.165) is 33.9 Å². The third-order valence-electron chi connectivity index (χ3n) is 6.02. The van der Waals surface area contributed by atoms with Gasteiger partial charge in [-0.05, 0) is 75.9 Å². The van der Waals surface area contributed by atoms with E-state index < -0.39 is 0 Å². The van der Waals surface area contributed by atoms with Gasteiger partial charge in [-0.15, -0.1) is 0 Å². The fourth-order valence-corrected chi connectivity index (χ4v) is 4.21. The second kappa shape index (κ2) is 8.18. The third-order valence-corrected chi connectivity index (χ3v) is 6.92. The number of halogens is 2. The van der Waals surface area contributed by atoms with Crippen LogP contribution in [0.1, 0.15) is 33.6 Å². The van der Waals surface area contributed by atoms with Crippen molar-refractivity contribution in [2.75, 3.05) is 0 Å². The van der Waals surface area contributed by atoms with Crippen molar-refractivity contribution in [1.82, 2.24) is 19.6 Å². The van der Waals surface area contributed by atoms with Gasteiger partial charge in [0.1, 0.15) is 12.4 Å². The van der Waals surface area contributed by atoms with Gasteiger partial charge in [0.25, 0.3) is 0 Å². The van der Waals surface area contributed by atoms with E-state index in [-0.39, 0.29) is 0 Å². The summed E-state index contributed by atoms with van der Waals surface area (Å²) in [6.07, 6.45) is 0. The van der Waals surface area contributed by atoms with E-state index in [0.29, 0.717) is 16.7 Å². The maximum Gasteiger partial charge on any atom is 0.134 e. The Morgan fingerprint density at radius 1 is 0.677 bits per heavy atom. The first-order chi connectivity index (χ1) is 14.7. The van der Waals surface area contributed by atoms with Gasteiger partial charge in [0, 0.05) is 11.1 Å². The lowest BCUT2D eigenvalue weighted by molar-refractivity contribution is 0.496. The van der Waals surface area contributed by atoms with Crippen molar-refractivity contribution in [1.29, 1.82) is 0 Å². The molecule has 0 unspecified atom stereocenters. The molecule has 4 rings (SSSR count). The van der Waals surface area contributed by atoms with Gasteiger partial charge in [-0.25, -0.2) is 9.36 Å². The van der Waals surface area contributed by atoms with Crippen molar-refractivity contribution in [2.24, 2.45) is 0 Å². The Balaban J connectivity index is 1.91. The summed E-state index contributed by atoms with van der Waals surface area (Å²) in [4.78, 5) is 0. The van der Waals surface area contributed by atoms with E-state index in [2.05, 4.69) is 69.2 Å². The van der Waals surface area contributed by atoms with Crippen molar-refractivity contribution < 1.29 is 0 Å². The fourth-order valence-electron chi connectivity index (χ4n) is 3.72. The van der Waals surface area contributed by atoms with Crippen molar-refractivity contribution in [3.8, 4) is 22.5 Å². The van der Waals surface area contributed by atoms with Crippen LogP contribution < -0.4 is 0 Å². The summed E-state index contributed by atoms with van der Waals surface area (Å²) in [7, 11) is 0. The topological polar surface area (TPSA) is 35.6 Å². The number of nitrogens with zero attached hydrogens (tertiary/aromatic N) is 4. The molecule has 0 aliphatic heterocycles. The zero-order chi connectivity index (χ0) is 22.4. The van der Waals surface area contributed by atoms with E-state index in [4.69, 9.17) is 28.3 Å². The van der Waals surface area contributed by atoms with Crippen LogP contribution in [0.5, 0.6) is 0 Å². The van der Waals surface area contributed by atoms with Crippen LogP contribution in [0.25, 0.3) is 22.5 Å². The highest BCUT2D eigenvalue weighted by atomic mass is 35.5. The quantitative estimate of drug-likeness (QED) is 0.331. The molecule has 0 amide bonds. The monoisotopic (exact) mass is 452 g/mol. The van der Waals surface area contributed by atoms with Crippen LogP contribution in [0.15, 0.2) is 36.4 Å². The predicted molar refractivity (Wildman–Crippen MR) is 129 cm³/mol. The highest BCUT2D eigenvalue weighted by molar-refractivity contribution is 6.35. The Hall–Kier alpha value is -2.56. The molecule has 0 aliphatic carbocycles. The molecule has 0 saturated heterocycles. The third kappa shape index (κ3) is 3.90. The van der Waals surface area contributed by atoms with Gasteiger partial charge < -0.3 is 0 Å². The van der Waals surface area contributed by atoms with E-state index in [1.807, 2.05) is 23.2 Å². The Labute approximate surface area is 193 Å². The number of hydrogen-bond acceptors (Lipinski definition) is 2. The van der Waals surface area contributed by atoms with E-state index in [9.17, 15) is 0 Å². The van der Waals surface area contributed by atoms with Crippen LogP contribution in [0.4, 0.5) is 0 Å². The van der Waals surface area contributed by atoms with Gasteiger partial charge in [-0.1, -0.05) is 47.5 Å². The first kappa shape index (κ1) is 21.7. The molecule has 4 nitrogen and oxygen atoms in total. The standard InChI is InChI=1S/C25H26Cl2N4/c1-14-7-9-20(11-16(14)3)24-23(27)25(21-10-8-15(2)17(4)12-21)31(29-24)13-30-19(6)22(26)18(5)28-30/h7-12H,13H2,1-6H3. The molecule has 0 aliphatic rings. The lowest BCUT2D eigenvalue weighted by Crippen LogP contribution is -2.13. The zero-order valence-corrected chi connectivity index (χ0v) is 20.2. The lowest BCUT2D eigenvalue weighted by atomic mass is 10.0. The first-order valence-corrected chi connectivity index (χ1v) is 11.0. The van der Waals surface area contributed by atoms with Crippen molar-refractivity contribution in [3.63, 3.8) is 0 Å². The van der Waals surface area contributed by atoms with Gasteiger partial charge in [-0.2, -0.15) is 10.2 Å². The summed E-state index contributed by atoms with van der Waals surface area (Å²) < 4.78 is 3.79. The highest BCUT2D eigenvalue weighted by Gasteiger charge is 2.21.